The Labute approximate surface area is 133 Å². The molecule has 1 rings (SSSR count). The number of hydrogen-bond acceptors (Lipinski definition) is 3. The molecule has 1 aliphatic heterocycles. The Balaban J connectivity index is 2.87. The first-order valence-corrected chi connectivity index (χ1v) is 8.00. The molecule has 0 aliphatic carbocycles. The van der Waals surface area contributed by atoms with E-state index < -0.39 is 12.1 Å². The molecule has 0 unspecified atom stereocenters. The zero-order chi connectivity index (χ0) is 16.9. The molecule has 1 saturated heterocycles. The number of likely N-dealkylation sites (tertiary alicyclic amines) is 1. The van der Waals surface area contributed by atoms with Crippen molar-refractivity contribution in [2.75, 3.05) is 13.6 Å². The minimum Gasteiger partial charge on any atom is -0.334 e. The Morgan fingerprint density at radius 3 is 2.45 bits per heavy atom. The van der Waals surface area contributed by atoms with Gasteiger partial charge in [0.2, 0.25) is 11.8 Å². The SMILES string of the molecule is C/C=C/C(=O)N1CCC[C@H]1C(=O)N(C)[C@H](CC(C)C)C(C)=O. The quantitative estimate of drug-likeness (QED) is 0.705. The smallest absolute Gasteiger partial charge is 0.246 e. The zero-order valence-corrected chi connectivity index (χ0v) is 14.3. The number of amides is 2. The fourth-order valence-corrected chi connectivity index (χ4v) is 2.96. The van der Waals surface area contributed by atoms with Gasteiger partial charge in [0.25, 0.3) is 0 Å². The monoisotopic (exact) mass is 308 g/mol. The van der Waals surface area contributed by atoms with E-state index in [0.29, 0.717) is 25.3 Å². The highest BCUT2D eigenvalue weighted by atomic mass is 16.2. The van der Waals surface area contributed by atoms with E-state index in [4.69, 9.17) is 0 Å². The van der Waals surface area contributed by atoms with Gasteiger partial charge < -0.3 is 9.80 Å². The van der Waals surface area contributed by atoms with Crippen molar-refractivity contribution in [2.45, 2.75) is 59.0 Å². The number of rotatable bonds is 6. The van der Waals surface area contributed by atoms with Crippen molar-refractivity contribution >= 4 is 17.6 Å². The van der Waals surface area contributed by atoms with Gasteiger partial charge in [-0.05, 0) is 45.1 Å². The molecule has 5 nitrogen and oxygen atoms in total. The highest BCUT2D eigenvalue weighted by Gasteiger charge is 2.37. The molecule has 0 N–H and O–H groups in total. The Kier molecular flexibility index (Phi) is 6.78. The molecule has 0 spiro atoms. The highest BCUT2D eigenvalue weighted by Crippen LogP contribution is 2.22. The van der Waals surface area contributed by atoms with Crippen LogP contribution in [0.25, 0.3) is 0 Å². The maximum Gasteiger partial charge on any atom is 0.246 e. The molecule has 1 fully saturated rings. The first-order chi connectivity index (χ1) is 10.3. The van der Waals surface area contributed by atoms with Gasteiger partial charge in [-0.2, -0.15) is 0 Å². The Morgan fingerprint density at radius 2 is 1.95 bits per heavy atom. The summed E-state index contributed by atoms with van der Waals surface area (Å²) in [6.07, 6.45) is 5.31. The Hall–Kier alpha value is -1.65. The molecule has 1 aliphatic rings. The van der Waals surface area contributed by atoms with Crippen LogP contribution in [0.1, 0.15) is 47.0 Å². The van der Waals surface area contributed by atoms with E-state index in [1.807, 2.05) is 13.8 Å². The van der Waals surface area contributed by atoms with Crippen LogP contribution in [-0.2, 0) is 14.4 Å². The summed E-state index contributed by atoms with van der Waals surface area (Å²) in [6, 6.07) is -0.852. The number of nitrogens with zero attached hydrogens (tertiary/aromatic N) is 2. The summed E-state index contributed by atoms with van der Waals surface area (Å²) >= 11 is 0. The lowest BCUT2D eigenvalue weighted by Gasteiger charge is -2.32. The molecule has 124 valence electrons. The highest BCUT2D eigenvalue weighted by molar-refractivity contribution is 5.95. The second-order valence-corrected chi connectivity index (χ2v) is 6.39. The van der Waals surface area contributed by atoms with Gasteiger partial charge in [0, 0.05) is 13.6 Å². The Bertz CT molecular complexity index is 457. The molecule has 0 bridgehead atoms. The third kappa shape index (κ3) is 4.42. The summed E-state index contributed by atoms with van der Waals surface area (Å²) in [4.78, 5) is 39.8. The Morgan fingerprint density at radius 1 is 1.32 bits per heavy atom. The van der Waals surface area contributed by atoms with Crippen LogP contribution in [0.3, 0.4) is 0 Å². The molecular formula is C17H28N2O3. The summed E-state index contributed by atoms with van der Waals surface area (Å²) in [7, 11) is 1.67. The third-order valence-corrected chi connectivity index (χ3v) is 4.11. The largest absolute Gasteiger partial charge is 0.334 e. The summed E-state index contributed by atoms with van der Waals surface area (Å²) in [5.41, 5.74) is 0. The van der Waals surface area contributed by atoms with Crippen LogP contribution in [0.4, 0.5) is 0 Å². The second-order valence-electron chi connectivity index (χ2n) is 6.39. The van der Waals surface area contributed by atoms with Gasteiger partial charge in [-0.15, -0.1) is 0 Å². The van der Waals surface area contributed by atoms with Crippen LogP contribution >= 0.6 is 0 Å². The lowest BCUT2D eigenvalue weighted by atomic mass is 9.99. The number of carbonyl (C=O) groups excluding carboxylic acids is 3. The number of Topliss-reactive ketones (excluding diaryl/α,β-unsaturated/α-hetero) is 1. The van der Waals surface area contributed by atoms with Gasteiger partial charge in [-0.25, -0.2) is 0 Å². The second kappa shape index (κ2) is 8.11. The van der Waals surface area contributed by atoms with Crippen LogP contribution in [0.15, 0.2) is 12.2 Å². The van der Waals surface area contributed by atoms with Gasteiger partial charge in [-0.1, -0.05) is 19.9 Å². The van der Waals surface area contributed by atoms with E-state index in [-0.39, 0.29) is 17.6 Å². The minimum atomic E-state index is -0.442. The van der Waals surface area contributed by atoms with Gasteiger partial charge in [0.15, 0.2) is 5.78 Å². The molecular weight excluding hydrogens is 280 g/mol. The van der Waals surface area contributed by atoms with Crippen LogP contribution in [0, 0.1) is 5.92 Å². The van der Waals surface area contributed by atoms with Crippen molar-refractivity contribution in [3.8, 4) is 0 Å². The number of likely N-dealkylation sites (N-methyl/N-ethyl adjacent to an activating group) is 1. The molecule has 0 aromatic carbocycles. The van der Waals surface area contributed by atoms with Crippen LogP contribution in [0.5, 0.6) is 0 Å². The van der Waals surface area contributed by atoms with Crippen molar-refractivity contribution in [1.82, 2.24) is 9.80 Å². The summed E-state index contributed by atoms with van der Waals surface area (Å²) in [5, 5.41) is 0. The van der Waals surface area contributed by atoms with E-state index in [1.165, 1.54) is 17.9 Å². The van der Waals surface area contributed by atoms with Crippen molar-refractivity contribution in [3.05, 3.63) is 12.2 Å². The number of allylic oxidation sites excluding steroid dienone is 1. The minimum absolute atomic E-state index is 0.00567. The van der Waals surface area contributed by atoms with Crippen LogP contribution < -0.4 is 0 Å². The molecule has 0 aromatic rings. The average molecular weight is 308 g/mol. The number of hydrogen-bond donors (Lipinski definition) is 0. The molecule has 2 atom stereocenters. The lowest BCUT2D eigenvalue weighted by Crippen LogP contribution is -2.51. The maximum absolute atomic E-state index is 12.7. The van der Waals surface area contributed by atoms with Gasteiger partial charge in [0.05, 0.1) is 6.04 Å². The normalized spacial score (nSPS) is 19.7. The van der Waals surface area contributed by atoms with Crippen LogP contribution in [0.2, 0.25) is 0 Å². The fraction of sp³-hybridized carbons (Fsp3) is 0.706. The van der Waals surface area contributed by atoms with Crippen molar-refractivity contribution in [2.24, 2.45) is 5.92 Å². The standard InChI is InChI=1S/C17H28N2O3/c1-6-8-16(21)19-10-7-9-14(19)17(22)18(5)15(13(4)20)11-12(2)3/h6,8,12,14-15H,7,9-11H2,1-5H3/b8-6+/t14-,15+/m0/s1. The predicted octanol–water partition coefficient (Wildman–Crippen LogP) is 2.02. The molecule has 22 heavy (non-hydrogen) atoms. The molecule has 0 aromatic heterocycles. The van der Waals surface area contributed by atoms with Gasteiger partial charge >= 0.3 is 0 Å². The summed E-state index contributed by atoms with van der Waals surface area (Å²) < 4.78 is 0. The van der Waals surface area contributed by atoms with Crippen LogP contribution in [-0.4, -0.2) is 53.1 Å². The van der Waals surface area contributed by atoms with E-state index in [0.717, 1.165) is 6.42 Å². The zero-order valence-electron chi connectivity index (χ0n) is 14.3. The third-order valence-electron chi connectivity index (χ3n) is 4.11. The maximum atomic E-state index is 12.7. The van der Waals surface area contributed by atoms with E-state index in [1.54, 1.807) is 24.9 Å². The summed E-state index contributed by atoms with van der Waals surface area (Å²) in [5.74, 6) is 0.0635. The first-order valence-electron chi connectivity index (χ1n) is 8.00. The predicted molar refractivity (Wildman–Crippen MR) is 86.2 cm³/mol. The number of ketones is 1. The molecule has 1 heterocycles. The van der Waals surface area contributed by atoms with Crippen molar-refractivity contribution < 1.29 is 14.4 Å². The van der Waals surface area contributed by atoms with Gasteiger partial charge in [0.1, 0.15) is 6.04 Å². The molecule has 0 radical (unpaired) electrons. The summed E-state index contributed by atoms with van der Waals surface area (Å²) in [6.45, 7) is 7.97. The van der Waals surface area contributed by atoms with E-state index in [2.05, 4.69) is 0 Å². The fourth-order valence-electron chi connectivity index (χ4n) is 2.96. The molecule has 2 amide bonds. The first kappa shape index (κ1) is 18.4. The van der Waals surface area contributed by atoms with Crippen molar-refractivity contribution in [1.29, 1.82) is 0 Å². The molecule has 5 heteroatoms. The van der Waals surface area contributed by atoms with E-state index in [9.17, 15) is 14.4 Å². The van der Waals surface area contributed by atoms with Gasteiger partial charge in [-0.3, -0.25) is 14.4 Å². The van der Waals surface area contributed by atoms with Crippen molar-refractivity contribution in [3.63, 3.8) is 0 Å². The molecule has 0 saturated carbocycles. The lowest BCUT2D eigenvalue weighted by molar-refractivity contribution is -0.145. The average Bonchev–Trinajstić information content (AvgIpc) is 2.92. The number of carbonyl (C=O) groups is 3. The van der Waals surface area contributed by atoms with E-state index >= 15 is 0 Å². The topological polar surface area (TPSA) is 57.7 Å².